The third-order valence-electron chi connectivity index (χ3n) is 3.91. The van der Waals surface area contributed by atoms with Crippen LogP contribution in [-0.4, -0.2) is 35.7 Å². The molecule has 1 aliphatic rings. The maximum Gasteiger partial charge on any atom is 0.220 e. The summed E-state index contributed by atoms with van der Waals surface area (Å²) in [5.74, 6) is 0.740. The number of carbonyl (C=O) groups is 1. The molecule has 0 atom stereocenters. The minimum absolute atomic E-state index is 0.186. The molecule has 3 N–H and O–H groups in total. The van der Waals surface area contributed by atoms with Crippen molar-refractivity contribution in [2.24, 2.45) is 5.92 Å². The molecule has 2 rings (SSSR count). The molecule has 0 spiro atoms. The van der Waals surface area contributed by atoms with Crippen molar-refractivity contribution >= 4 is 5.91 Å². The van der Waals surface area contributed by atoms with Gasteiger partial charge in [-0.05, 0) is 57.7 Å². The van der Waals surface area contributed by atoms with Crippen molar-refractivity contribution in [2.75, 3.05) is 19.6 Å². The van der Waals surface area contributed by atoms with Gasteiger partial charge in [-0.3, -0.25) is 9.89 Å². The van der Waals surface area contributed by atoms with Crippen LogP contribution in [0, 0.1) is 19.8 Å². The number of hydrogen-bond donors (Lipinski definition) is 3. The van der Waals surface area contributed by atoms with E-state index in [4.69, 9.17) is 0 Å². The van der Waals surface area contributed by atoms with Crippen molar-refractivity contribution in [3.8, 4) is 0 Å². The van der Waals surface area contributed by atoms with E-state index in [1.54, 1.807) is 0 Å². The highest BCUT2D eigenvalue weighted by Gasteiger charge is 2.16. The molecule has 1 aliphatic heterocycles. The molecule has 2 heterocycles. The van der Waals surface area contributed by atoms with Gasteiger partial charge in [0.15, 0.2) is 0 Å². The van der Waals surface area contributed by atoms with Gasteiger partial charge in [-0.2, -0.15) is 5.10 Å². The zero-order valence-corrected chi connectivity index (χ0v) is 11.9. The standard InChI is InChI=1S/C14H24N4O/c1-10-13(11(2)18-17-10)5-8-16-14(19)9-12-3-6-15-7-4-12/h12,15H,3-9H2,1-2H3,(H,16,19)(H,17,18). The van der Waals surface area contributed by atoms with Gasteiger partial charge in [-0.1, -0.05) is 0 Å². The van der Waals surface area contributed by atoms with Crippen LogP contribution in [0.2, 0.25) is 0 Å². The summed E-state index contributed by atoms with van der Waals surface area (Å²) in [5, 5.41) is 13.5. The van der Waals surface area contributed by atoms with Gasteiger partial charge >= 0.3 is 0 Å². The predicted molar refractivity (Wildman–Crippen MR) is 75.0 cm³/mol. The average Bonchev–Trinajstić information content (AvgIpc) is 2.71. The maximum absolute atomic E-state index is 11.9. The second-order valence-corrected chi connectivity index (χ2v) is 5.41. The van der Waals surface area contributed by atoms with Crippen LogP contribution in [0.3, 0.4) is 0 Å². The van der Waals surface area contributed by atoms with E-state index in [-0.39, 0.29) is 5.91 Å². The van der Waals surface area contributed by atoms with Crippen molar-refractivity contribution in [1.82, 2.24) is 20.8 Å². The van der Waals surface area contributed by atoms with Crippen LogP contribution in [-0.2, 0) is 11.2 Å². The molecule has 0 saturated carbocycles. The summed E-state index contributed by atoms with van der Waals surface area (Å²) in [6.45, 7) is 6.81. The van der Waals surface area contributed by atoms with Crippen LogP contribution in [0.15, 0.2) is 0 Å². The van der Waals surface area contributed by atoms with Crippen molar-refractivity contribution in [3.63, 3.8) is 0 Å². The molecule has 0 unspecified atom stereocenters. The van der Waals surface area contributed by atoms with Crippen LogP contribution < -0.4 is 10.6 Å². The number of aromatic amines is 1. The number of hydrogen-bond acceptors (Lipinski definition) is 3. The Labute approximate surface area is 114 Å². The Balaban J connectivity index is 1.69. The molecule has 0 radical (unpaired) electrons. The Hall–Kier alpha value is -1.36. The van der Waals surface area contributed by atoms with Gasteiger partial charge < -0.3 is 10.6 Å². The number of aryl methyl sites for hydroxylation is 2. The molecule has 0 aromatic carbocycles. The van der Waals surface area contributed by atoms with E-state index in [9.17, 15) is 4.79 Å². The summed E-state index contributed by atoms with van der Waals surface area (Å²) in [7, 11) is 0. The Kier molecular flexibility index (Phi) is 4.96. The zero-order chi connectivity index (χ0) is 13.7. The normalized spacial score (nSPS) is 16.5. The second-order valence-electron chi connectivity index (χ2n) is 5.41. The first-order chi connectivity index (χ1) is 9.16. The lowest BCUT2D eigenvalue weighted by Crippen LogP contribution is -2.33. The number of carbonyl (C=O) groups excluding carboxylic acids is 1. The zero-order valence-electron chi connectivity index (χ0n) is 11.9. The summed E-state index contributed by atoms with van der Waals surface area (Å²) < 4.78 is 0. The number of nitrogens with zero attached hydrogens (tertiary/aromatic N) is 1. The highest BCUT2D eigenvalue weighted by Crippen LogP contribution is 2.15. The summed E-state index contributed by atoms with van der Waals surface area (Å²) in [6, 6.07) is 0. The van der Waals surface area contributed by atoms with Gasteiger partial charge in [-0.15, -0.1) is 0 Å². The molecule has 19 heavy (non-hydrogen) atoms. The number of rotatable bonds is 5. The topological polar surface area (TPSA) is 69.8 Å². The van der Waals surface area contributed by atoms with Gasteiger partial charge in [0.2, 0.25) is 5.91 Å². The number of H-pyrrole nitrogens is 1. The van der Waals surface area contributed by atoms with E-state index in [0.717, 1.165) is 43.7 Å². The first-order valence-corrected chi connectivity index (χ1v) is 7.14. The number of piperidine rings is 1. The molecule has 106 valence electrons. The minimum Gasteiger partial charge on any atom is -0.356 e. The van der Waals surface area contributed by atoms with Crippen LogP contribution >= 0.6 is 0 Å². The quantitative estimate of drug-likeness (QED) is 0.745. The fraction of sp³-hybridized carbons (Fsp3) is 0.714. The van der Waals surface area contributed by atoms with Crippen molar-refractivity contribution in [3.05, 3.63) is 17.0 Å². The molecule has 1 aromatic heterocycles. The van der Waals surface area contributed by atoms with E-state index in [2.05, 4.69) is 20.8 Å². The largest absolute Gasteiger partial charge is 0.356 e. The molecule has 1 amide bonds. The first kappa shape index (κ1) is 14.1. The fourth-order valence-electron chi connectivity index (χ4n) is 2.69. The first-order valence-electron chi connectivity index (χ1n) is 7.14. The third-order valence-corrected chi connectivity index (χ3v) is 3.91. The van der Waals surface area contributed by atoms with E-state index < -0.39 is 0 Å². The molecule has 1 aromatic rings. The summed E-state index contributed by atoms with van der Waals surface area (Å²) >= 11 is 0. The Morgan fingerprint density at radius 2 is 2.11 bits per heavy atom. The molecule has 1 saturated heterocycles. The molecular formula is C14H24N4O. The van der Waals surface area contributed by atoms with Crippen LogP contribution in [0.25, 0.3) is 0 Å². The van der Waals surface area contributed by atoms with E-state index in [1.165, 1.54) is 5.56 Å². The van der Waals surface area contributed by atoms with Gasteiger partial charge in [0.1, 0.15) is 0 Å². The van der Waals surface area contributed by atoms with E-state index in [1.807, 2.05) is 13.8 Å². The Bertz CT molecular complexity index is 402. The number of nitrogens with one attached hydrogen (secondary N) is 3. The molecule has 0 bridgehead atoms. The molecule has 5 heteroatoms. The van der Waals surface area contributed by atoms with Crippen molar-refractivity contribution in [2.45, 2.75) is 39.5 Å². The van der Waals surface area contributed by atoms with Gasteiger partial charge in [0.25, 0.3) is 0 Å². The van der Waals surface area contributed by atoms with Crippen LogP contribution in [0.1, 0.15) is 36.2 Å². The smallest absolute Gasteiger partial charge is 0.220 e. The maximum atomic E-state index is 11.9. The lowest BCUT2D eigenvalue weighted by molar-refractivity contribution is -0.122. The average molecular weight is 264 g/mol. The highest BCUT2D eigenvalue weighted by molar-refractivity contribution is 5.76. The summed E-state index contributed by atoms with van der Waals surface area (Å²) in [6.07, 6.45) is 3.76. The second kappa shape index (κ2) is 6.70. The summed E-state index contributed by atoms with van der Waals surface area (Å²) in [5.41, 5.74) is 3.36. The van der Waals surface area contributed by atoms with E-state index >= 15 is 0 Å². The number of amides is 1. The van der Waals surface area contributed by atoms with Gasteiger partial charge in [-0.25, -0.2) is 0 Å². The lowest BCUT2D eigenvalue weighted by atomic mass is 9.94. The predicted octanol–water partition coefficient (Wildman–Crippen LogP) is 1.07. The van der Waals surface area contributed by atoms with Gasteiger partial charge in [0.05, 0.1) is 5.69 Å². The van der Waals surface area contributed by atoms with Crippen molar-refractivity contribution in [1.29, 1.82) is 0 Å². The summed E-state index contributed by atoms with van der Waals surface area (Å²) in [4.78, 5) is 11.9. The van der Waals surface area contributed by atoms with E-state index in [0.29, 0.717) is 18.9 Å². The SMILES string of the molecule is Cc1n[nH]c(C)c1CCNC(=O)CC1CCNCC1. The van der Waals surface area contributed by atoms with Crippen LogP contribution in [0.5, 0.6) is 0 Å². The monoisotopic (exact) mass is 264 g/mol. The molecule has 1 fully saturated rings. The third kappa shape index (κ3) is 4.06. The van der Waals surface area contributed by atoms with Crippen molar-refractivity contribution < 1.29 is 4.79 Å². The number of aromatic nitrogens is 2. The lowest BCUT2D eigenvalue weighted by Gasteiger charge is -2.21. The molecular weight excluding hydrogens is 240 g/mol. The highest BCUT2D eigenvalue weighted by atomic mass is 16.1. The fourth-order valence-corrected chi connectivity index (χ4v) is 2.69. The van der Waals surface area contributed by atoms with Crippen LogP contribution in [0.4, 0.5) is 0 Å². The van der Waals surface area contributed by atoms with Gasteiger partial charge in [0, 0.05) is 18.7 Å². The Morgan fingerprint density at radius 1 is 1.37 bits per heavy atom. The molecule has 5 nitrogen and oxygen atoms in total. The molecule has 0 aliphatic carbocycles. The minimum atomic E-state index is 0.186. The Morgan fingerprint density at radius 3 is 2.74 bits per heavy atom.